The third kappa shape index (κ3) is 4.17. The monoisotopic (exact) mass is 261 g/mol. The zero-order chi connectivity index (χ0) is 14.3. The normalized spacial score (nSPS) is 10.8. The van der Waals surface area contributed by atoms with Crippen molar-refractivity contribution < 1.29 is 14.3 Å². The maximum atomic E-state index is 11.7. The number of hydrogen-bond acceptors (Lipinski definition) is 3. The van der Waals surface area contributed by atoms with Crippen molar-refractivity contribution in [2.24, 2.45) is 0 Å². The van der Waals surface area contributed by atoms with Crippen LogP contribution >= 0.6 is 0 Å². The summed E-state index contributed by atoms with van der Waals surface area (Å²) in [4.78, 5) is 11.7. The van der Waals surface area contributed by atoms with Gasteiger partial charge < -0.3 is 14.8 Å². The number of nitrogens with one attached hydrogen (secondary N) is 1. The van der Waals surface area contributed by atoms with Gasteiger partial charge in [-0.15, -0.1) is 6.58 Å². The topological polar surface area (TPSA) is 47.6 Å². The zero-order valence-electron chi connectivity index (χ0n) is 11.5. The van der Waals surface area contributed by atoms with Crippen LogP contribution in [0.5, 0.6) is 11.5 Å². The number of benzene rings is 1. The molecule has 0 saturated carbocycles. The highest BCUT2D eigenvalue weighted by Gasteiger charge is 2.06. The lowest BCUT2D eigenvalue weighted by Gasteiger charge is -2.08. The fourth-order valence-corrected chi connectivity index (χ4v) is 1.56. The van der Waals surface area contributed by atoms with Crippen LogP contribution in [0.25, 0.3) is 6.08 Å². The third-order valence-electron chi connectivity index (χ3n) is 2.56. The fraction of sp³-hybridized carbons (Fsp3) is 0.267. The van der Waals surface area contributed by atoms with E-state index in [1.54, 1.807) is 39.4 Å². The number of ether oxygens (including phenoxy) is 2. The van der Waals surface area contributed by atoms with E-state index in [1.807, 2.05) is 12.1 Å². The summed E-state index contributed by atoms with van der Waals surface area (Å²) in [6.07, 6.45) is 3.43. The SMILES string of the molecule is C=CCNC(=O)/C(C)=C/c1ccc(OC)c(OC)c1. The summed E-state index contributed by atoms with van der Waals surface area (Å²) in [7, 11) is 3.16. The Hall–Kier alpha value is -2.23. The van der Waals surface area contributed by atoms with E-state index >= 15 is 0 Å². The molecular weight excluding hydrogens is 242 g/mol. The summed E-state index contributed by atoms with van der Waals surface area (Å²) in [5, 5.41) is 2.72. The van der Waals surface area contributed by atoms with Crippen LogP contribution in [0.3, 0.4) is 0 Å². The Morgan fingerprint density at radius 2 is 2.00 bits per heavy atom. The van der Waals surface area contributed by atoms with Gasteiger partial charge in [0.2, 0.25) is 5.91 Å². The molecule has 0 unspecified atom stereocenters. The summed E-state index contributed by atoms with van der Waals surface area (Å²) in [5.74, 6) is 1.18. The second-order valence-corrected chi connectivity index (χ2v) is 3.94. The second kappa shape index (κ2) is 7.26. The molecule has 0 aliphatic rings. The Morgan fingerprint density at radius 1 is 1.32 bits per heavy atom. The number of carbonyl (C=O) groups excluding carboxylic acids is 1. The van der Waals surface area contributed by atoms with Gasteiger partial charge in [-0.1, -0.05) is 12.1 Å². The van der Waals surface area contributed by atoms with Gasteiger partial charge in [-0.2, -0.15) is 0 Å². The molecule has 4 heteroatoms. The lowest BCUT2D eigenvalue weighted by molar-refractivity contribution is -0.117. The lowest BCUT2D eigenvalue weighted by Crippen LogP contribution is -2.23. The maximum Gasteiger partial charge on any atom is 0.247 e. The van der Waals surface area contributed by atoms with E-state index in [-0.39, 0.29) is 5.91 Å². The molecule has 1 amide bonds. The van der Waals surface area contributed by atoms with Crippen molar-refractivity contribution in [3.8, 4) is 11.5 Å². The summed E-state index contributed by atoms with van der Waals surface area (Å²) in [6.45, 7) is 5.77. The van der Waals surface area contributed by atoms with Crippen LogP contribution in [0.4, 0.5) is 0 Å². The first-order valence-corrected chi connectivity index (χ1v) is 5.91. The van der Waals surface area contributed by atoms with Crippen LogP contribution in [0, 0.1) is 0 Å². The molecular formula is C15H19NO3. The molecule has 0 aliphatic heterocycles. The maximum absolute atomic E-state index is 11.7. The average Bonchev–Trinajstić information content (AvgIpc) is 2.44. The molecule has 19 heavy (non-hydrogen) atoms. The number of carbonyl (C=O) groups is 1. The van der Waals surface area contributed by atoms with Crippen LogP contribution in [0.2, 0.25) is 0 Å². The number of hydrogen-bond donors (Lipinski definition) is 1. The summed E-state index contributed by atoms with van der Waals surface area (Å²) >= 11 is 0. The minimum atomic E-state index is -0.116. The average molecular weight is 261 g/mol. The predicted molar refractivity (Wildman–Crippen MR) is 76.4 cm³/mol. The van der Waals surface area contributed by atoms with Gasteiger partial charge in [0.1, 0.15) is 0 Å². The van der Waals surface area contributed by atoms with Gasteiger partial charge in [0.05, 0.1) is 14.2 Å². The van der Waals surface area contributed by atoms with Gasteiger partial charge in [0, 0.05) is 12.1 Å². The van der Waals surface area contributed by atoms with Crippen molar-refractivity contribution in [3.63, 3.8) is 0 Å². The molecule has 0 radical (unpaired) electrons. The smallest absolute Gasteiger partial charge is 0.247 e. The molecule has 4 nitrogen and oxygen atoms in total. The van der Waals surface area contributed by atoms with E-state index in [9.17, 15) is 4.79 Å². The van der Waals surface area contributed by atoms with E-state index in [2.05, 4.69) is 11.9 Å². The van der Waals surface area contributed by atoms with Gasteiger partial charge >= 0.3 is 0 Å². The summed E-state index contributed by atoms with van der Waals surface area (Å²) in [6, 6.07) is 5.49. The van der Waals surface area contributed by atoms with Crippen LogP contribution in [-0.4, -0.2) is 26.7 Å². The van der Waals surface area contributed by atoms with Crippen molar-refractivity contribution >= 4 is 12.0 Å². The molecule has 1 rings (SSSR count). The largest absolute Gasteiger partial charge is 0.493 e. The molecule has 102 valence electrons. The first-order valence-electron chi connectivity index (χ1n) is 5.91. The van der Waals surface area contributed by atoms with Crippen molar-refractivity contribution in [2.45, 2.75) is 6.92 Å². The summed E-state index contributed by atoms with van der Waals surface area (Å²) in [5.41, 5.74) is 1.50. The van der Waals surface area contributed by atoms with Gasteiger partial charge in [0.25, 0.3) is 0 Å². The molecule has 0 aromatic heterocycles. The number of amides is 1. The van der Waals surface area contributed by atoms with Gasteiger partial charge in [-0.25, -0.2) is 0 Å². The Morgan fingerprint density at radius 3 is 2.58 bits per heavy atom. The van der Waals surface area contributed by atoms with Crippen LogP contribution < -0.4 is 14.8 Å². The Bertz CT molecular complexity index is 492. The van der Waals surface area contributed by atoms with Gasteiger partial charge in [0.15, 0.2) is 11.5 Å². The molecule has 0 atom stereocenters. The van der Waals surface area contributed by atoms with E-state index < -0.39 is 0 Å². The molecule has 0 aliphatic carbocycles. The first-order chi connectivity index (χ1) is 9.12. The highest BCUT2D eigenvalue weighted by molar-refractivity contribution is 5.97. The zero-order valence-corrected chi connectivity index (χ0v) is 11.5. The third-order valence-corrected chi connectivity index (χ3v) is 2.56. The summed E-state index contributed by atoms with van der Waals surface area (Å²) < 4.78 is 10.4. The molecule has 0 bridgehead atoms. The minimum Gasteiger partial charge on any atom is -0.493 e. The number of rotatable bonds is 6. The molecule has 0 saturated heterocycles. The highest BCUT2D eigenvalue weighted by atomic mass is 16.5. The van der Waals surface area contributed by atoms with Gasteiger partial charge in [-0.3, -0.25) is 4.79 Å². The van der Waals surface area contributed by atoms with Crippen LogP contribution in [0.15, 0.2) is 36.4 Å². The molecule has 0 spiro atoms. The first kappa shape index (κ1) is 14.8. The minimum absolute atomic E-state index is 0.116. The molecule has 1 aromatic rings. The molecule has 0 heterocycles. The van der Waals surface area contributed by atoms with Crippen molar-refractivity contribution in [1.82, 2.24) is 5.32 Å². The van der Waals surface area contributed by atoms with Gasteiger partial charge in [-0.05, 0) is 30.7 Å². The van der Waals surface area contributed by atoms with Crippen molar-refractivity contribution in [2.75, 3.05) is 20.8 Å². The Kier molecular flexibility index (Phi) is 5.67. The van der Waals surface area contributed by atoms with E-state index in [4.69, 9.17) is 9.47 Å². The number of methoxy groups -OCH3 is 2. The van der Waals surface area contributed by atoms with Crippen LogP contribution in [0.1, 0.15) is 12.5 Å². The fourth-order valence-electron chi connectivity index (χ4n) is 1.56. The van der Waals surface area contributed by atoms with E-state index in [0.717, 1.165) is 5.56 Å². The van der Waals surface area contributed by atoms with Crippen LogP contribution in [-0.2, 0) is 4.79 Å². The molecule has 1 N–H and O–H groups in total. The molecule has 0 fully saturated rings. The predicted octanol–water partition coefficient (Wildman–Crippen LogP) is 2.41. The highest BCUT2D eigenvalue weighted by Crippen LogP contribution is 2.28. The van der Waals surface area contributed by atoms with E-state index in [0.29, 0.717) is 23.6 Å². The Labute approximate surface area is 113 Å². The van der Waals surface area contributed by atoms with Crippen molar-refractivity contribution in [3.05, 3.63) is 42.0 Å². The standard InChI is InChI=1S/C15H19NO3/c1-5-8-16-15(17)11(2)9-12-6-7-13(18-3)14(10-12)19-4/h5-7,9-10H,1,8H2,2-4H3,(H,16,17)/b11-9+. The Balaban J connectivity index is 2.91. The second-order valence-electron chi connectivity index (χ2n) is 3.94. The quantitative estimate of drug-likeness (QED) is 0.632. The lowest BCUT2D eigenvalue weighted by atomic mass is 10.1. The van der Waals surface area contributed by atoms with E-state index in [1.165, 1.54) is 0 Å². The molecule has 1 aromatic carbocycles. The van der Waals surface area contributed by atoms with Crippen molar-refractivity contribution in [1.29, 1.82) is 0 Å².